The molecular weight excluding hydrogens is 418 g/mol. The minimum atomic E-state index is -4.65. The second-order valence-corrected chi connectivity index (χ2v) is 6.24. The lowest BCUT2D eigenvalue weighted by atomic mass is 9.98. The lowest BCUT2D eigenvalue weighted by Crippen LogP contribution is -2.08. The Kier molecular flexibility index (Phi) is 5.54. The lowest BCUT2D eigenvalue weighted by Gasteiger charge is -2.18. The third kappa shape index (κ3) is 3.47. The molecule has 2 rings (SSSR count). The summed E-state index contributed by atoms with van der Waals surface area (Å²) in [6, 6.07) is 3.18. The molecule has 0 N–H and O–H groups in total. The summed E-state index contributed by atoms with van der Waals surface area (Å²) < 4.78 is 44.8. The van der Waals surface area contributed by atoms with E-state index in [1.807, 2.05) is 0 Å². The molecule has 0 amide bonds. The maximum atomic E-state index is 13.3. The predicted octanol–water partition coefficient (Wildman–Crippen LogP) is 7.65. The molecule has 2 aromatic rings. The van der Waals surface area contributed by atoms with Crippen molar-refractivity contribution in [2.45, 2.75) is 6.18 Å². The first kappa shape index (κ1) is 18.8. The van der Waals surface area contributed by atoms with Crippen LogP contribution in [0.1, 0.15) is 5.56 Å². The Morgan fingerprint density at radius 2 is 1.30 bits per heavy atom. The van der Waals surface area contributed by atoms with Gasteiger partial charge in [-0.2, -0.15) is 13.2 Å². The van der Waals surface area contributed by atoms with Crippen molar-refractivity contribution in [3.8, 4) is 16.9 Å². The highest BCUT2D eigenvalue weighted by Gasteiger charge is 2.35. The molecule has 9 heteroatoms. The van der Waals surface area contributed by atoms with Gasteiger partial charge in [-0.3, -0.25) is 0 Å². The van der Waals surface area contributed by atoms with Gasteiger partial charge in [0.05, 0.1) is 37.8 Å². The van der Waals surface area contributed by atoms with Crippen molar-refractivity contribution in [3.63, 3.8) is 0 Å². The summed E-state index contributed by atoms with van der Waals surface area (Å²) in [6.45, 7) is 0. The number of benzene rings is 2. The zero-order valence-electron chi connectivity index (χ0n) is 11.2. The van der Waals surface area contributed by atoms with Gasteiger partial charge in [0.1, 0.15) is 5.75 Å². The zero-order chi connectivity index (χ0) is 17.5. The molecule has 0 aromatic heterocycles. The van der Waals surface area contributed by atoms with Gasteiger partial charge in [0.15, 0.2) is 0 Å². The first-order valence-corrected chi connectivity index (χ1v) is 7.75. The standard InChI is InChI=1S/C14H6Cl5F3O/c1-23-5-2-3-7(14(20,21)22)6(4-5)8-9(15)11(17)13(19)12(18)10(8)16/h2-4H,1H3. The van der Waals surface area contributed by atoms with Gasteiger partial charge in [0.2, 0.25) is 0 Å². The van der Waals surface area contributed by atoms with Crippen LogP contribution in [0.3, 0.4) is 0 Å². The Hall–Kier alpha value is -0.520. The van der Waals surface area contributed by atoms with E-state index in [0.717, 1.165) is 12.1 Å². The molecule has 0 heterocycles. The first-order chi connectivity index (χ1) is 10.6. The summed E-state index contributed by atoms with van der Waals surface area (Å²) in [5, 5.41) is -0.972. The summed E-state index contributed by atoms with van der Waals surface area (Å²) in [4.78, 5) is 0. The SMILES string of the molecule is COc1ccc(C(F)(F)F)c(-c2c(Cl)c(Cl)c(Cl)c(Cl)c2Cl)c1. The van der Waals surface area contributed by atoms with Crippen LogP contribution in [0.5, 0.6) is 5.75 Å². The molecule has 0 saturated heterocycles. The van der Waals surface area contributed by atoms with Crippen molar-refractivity contribution >= 4 is 58.0 Å². The maximum Gasteiger partial charge on any atom is 0.417 e. The van der Waals surface area contributed by atoms with E-state index in [2.05, 4.69) is 0 Å². The Labute approximate surface area is 154 Å². The number of hydrogen-bond acceptors (Lipinski definition) is 1. The Balaban J connectivity index is 2.92. The highest BCUT2D eigenvalue weighted by Crippen LogP contribution is 2.51. The highest BCUT2D eigenvalue weighted by atomic mass is 35.5. The molecule has 0 aliphatic rings. The molecule has 2 aromatic carbocycles. The fourth-order valence-electron chi connectivity index (χ4n) is 1.95. The van der Waals surface area contributed by atoms with E-state index in [0.29, 0.717) is 0 Å². The van der Waals surface area contributed by atoms with E-state index < -0.39 is 11.7 Å². The van der Waals surface area contributed by atoms with E-state index >= 15 is 0 Å². The highest BCUT2D eigenvalue weighted by molar-refractivity contribution is 6.56. The van der Waals surface area contributed by atoms with Gasteiger partial charge in [-0.1, -0.05) is 58.0 Å². The summed E-state index contributed by atoms with van der Waals surface area (Å²) in [5.41, 5.74) is -1.44. The first-order valence-electron chi connectivity index (χ1n) is 5.86. The average Bonchev–Trinajstić information content (AvgIpc) is 2.50. The number of methoxy groups -OCH3 is 1. The quantitative estimate of drug-likeness (QED) is 0.355. The predicted molar refractivity (Wildman–Crippen MR) is 88.5 cm³/mol. The molecule has 0 aliphatic carbocycles. The van der Waals surface area contributed by atoms with Gasteiger partial charge in [-0.25, -0.2) is 0 Å². The van der Waals surface area contributed by atoms with Crippen LogP contribution in [0, 0.1) is 0 Å². The minimum absolute atomic E-state index is 0.136. The van der Waals surface area contributed by atoms with Crippen molar-refractivity contribution in [1.29, 1.82) is 0 Å². The molecule has 1 nitrogen and oxygen atoms in total. The van der Waals surface area contributed by atoms with E-state index in [9.17, 15) is 13.2 Å². The molecule has 0 fully saturated rings. The Morgan fingerprint density at radius 3 is 1.74 bits per heavy atom. The number of alkyl halides is 3. The third-order valence-corrected chi connectivity index (χ3v) is 5.29. The molecule has 0 aliphatic heterocycles. The topological polar surface area (TPSA) is 9.23 Å². The molecule has 124 valence electrons. The van der Waals surface area contributed by atoms with E-state index in [4.69, 9.17) is 62.7 Å². The Morgan fingerprint density at radius 1 is 0.826 bits per heavy atom. The van der Waals surface area contributed by atoms with Gasteiger partial charge >= 0.3 is 6.18 Å². The van der Waals surface area contributed by atoms with Crippen LogP contribution in [0.25, 0.3) is 11.1 Å². The van der Waals surface area contributed by atoms with Gasteiger partial charge in [-0.15, -0.1) is 0 Å². The van der Waals surface area contributed by atoms with Crippen molar-refractivity contribution in [3.05, 3.63) is 48.9 Å². The molecule has 23 heavy (non-hydrogen) atoms. The van der Waals surface area contributed by atoms with E-state index in [-0.39, 0.29) is 42.0 Å². The Bertz CT molecular complexity index is 745. The van der Waals surface area contributed by atoms with E-state index in [1.165, 1.54) is 13.2 Å². The lowest BCUT2D eigenvalue weighted by molar-refractivity contribution is -0.137. The summed E-state index contributed by atoms with van der Waals surface area (Å²) >= 11 is 29.8. The van der Waals surface area contributed by atoms with Crippen molar-refractivity contribution < 1.29 is 17.9 Å². The van der Waals surface area contributed by atoms with Crippen LogP contribution in [0.15, 0.2) is 18.2 Å². The minimum Gasteiger partial charge on any atom is -0.497 e. The van der Waals surface area contributed by atoms with Crippen molar-refractivity contribution in [2.24, 2.45) is 0 Å². The summed E-state index contributed by atoms with van der Waals surface area (Å²) in [5.74, 6) is 0.183. The largest absolute Gasteiger partial charge is 0.497 e. The number of halogens is 8. The van der Waals surface area contributed by atoms with Crippen molar-refractivity contribution in [1.82, 2.24) is 0 Å². The monoisotopic (exact) mass is 422 g/mol. The normalized spacial score (nSPS) is 11.7. The van der Waals surface area contributed by atoms with Crippen LogP contribution in [0.2, 0.25) is 25.1 Å². The average molecular weight is 424 g/mol. The van der Waals surface area contributed by atoms with Gasteiger partial charge in [0, 0.05) is 11.1 Å². The molecule has 0 bridgehead atoms. The number of hydrogen-bond donors (Lipinski definition) is 0. The molecule has 0 saturated carbocycles. The van der Waals surface area contributed by atoms with Crippen LogP contribution in [-0.2, 0) is 6.18 Å². The fraction of sp³-hybridized carbons (Fsp3) is 0.143. The van der Waals surface area contributed by atoms with Crippen LogP contribution < -0.4 is 4.74 Å². The second-order valence-electron chi connectivity index (χ2n) is 4.35. The van der Waals surface area contributed by atoms with E-state index in [1.54, 1.807) is 0 Å². The molecule has 0 atom stereocenters. The van der Waals surface area contributed by atoms with Crippen LogP contribution >= 0.6 is 58.0 Å². The van der Waals surface area contributed by atoms with Crippen molar-refractivity contribution in [2.75, 3.05) is 7.11 Å². The molecule has 0 spiro atoms. The van der Waals surface area contributed by atoms with Crippen LogP contribution in [0.4, 0.5) is 13.2 Å². The second kappa shape index (κ2) is 6.77. The molecular formula is C14H6Cl5F3O. The van der Waals surface area contributed by atoms with Crippen LogP contribution in [-0.4, -0.2) is 7.11 Å². The number of ether oxygens (including phenoxy) is 1. The number of rotatable bonds is 2. The molecule has 0 radical (unpaired) electrons. The smallest absolute Gasteiger partial charge is 0.417 e. The summed E-state index contributed by atoms with van der Waals surface area (Å²) in [6.07, 6.45) is -4.65. The maximum absolute atomic E-state index is 13.3. The van der Waals surface area contributed by atoms with Gasteiger partial charge in [0.25, 0.3) is 0 Å². The van der Waals surface area contributed by atoms with Gasteiger partial charge in [-0.05, 0) is 18.2 Å². The molecule has 0 unspecified atom stereocenters. The zero-order valence-corrected chi connectivity index (χ0v) is 14.9. The summed E-state index contributed by atoms with van der Waals surface area (Å²) in [7, 11) is 1.32. The third-order valence-electron chi connectivity index (χ3n) is 3.01. The fourth-order valence-corrected chi connectivity index (χ4v) is 3.29. The van der Waals surface area contributed by atoms with Gasteiger partial charge < -0.3 is 4.74 Å².